The monoisotopic (exact) mass is 409 g/mol. The lowest BCUT2D eigenvalue weighted by Crippen LogP contribution is -2.53. The lowest BCUT2D eigenvalue weighted by molar-refractivity contribution is -0.0129. The molecule has 1 heterocycles. The number of piperidine rings is 1. The maximum atomic E-state index is 12.4. The van der Waals surface area contributed by atoms with Crippen LogP contribution in [0.15, 0.2) is 9.47 Å². The highest BCUT2D eigenvalue weighted by molar-refractivity contribution is 9.28. The van der Waals surface area contributed by atoms with Gasteiger partial charge in [-0.2, -0.15) is 0 Å². The van der Waals surface area contributed by atoms with E-state index in [9.17, 15) is 4.79 Å². The fraction of sp³-hybridized carbons (Fsp3) is 0.800. The van der Waals surface area contributed by atoms with Crippen molar-refractivity contribution in [3.05, 3.63) is 9.47 Å². The molecule has 1 rings (SSSR count). The summed E-state index contributed by atoms with van der Waals surface area (Å²) in [5.41, 5.74) is -0.541. The molecule has 1 aliphatic heterocycles. The number of carbonyl (C=O) groups excluding carboxylic acids is 1. The third-order valence-electron chi connectivity index (χ3n) is 3.59. The second-order valence-electron chi connectivity index (χ2n) is 6.62. The number of amides is 1. The number of allylic oxidation sites excluding steroid dienone is 1. The molecule has 20 heavy (non-hydrogen) atoms. The van der Waals surface area contributed by atoms with Crippen LogP contribution in [0.25, 0.3) is 0 Å². The van der Waals surface area contributed by atoms with Crippen molar-refractivity contribution in [3.63, 3.8) is 0 Å². The number of halogens is 2. The molecular formula is C15H25Br2NO2. The van der Waals surface area contributed by atoms with E-state index in [-0.39, 0.29) is 11.6 Å². The Labute approximate surface area is 139 Å². The van der Waals surface area contributed by atoms with Crippen molar-refractivity contribution in [2.75, 3.05) is 6.54 Å². The molecule has 1 fully saturated rings. The summed E-state index contributed by atoms with van der Waals surface area (Å²) in [7, 11) is 0. The zero-order chi connectivity index (χ0) is 15.4. The van der Waals surface area contributed by atoms with E-state index in [1.54, 1.807) is 0 Å². The third kappa shape index (κ3) is 5.76. The number of nitrogens with zero attached hydrogens (tertiary/aromatic N) is 1. The molecule has 1 amide bonds. The first kappa shape index (κ1) is 18.0. The summed E-state index contributed by atoms with van der Waals surface area (Å²) in [6.45, 7) is 8.71. The Morgan fingerprint density at radius 2 is 2.00 bits per heavy atom. The molecule has 1 aliphatic rings. The maximum absolute atomic E-state index is 12.4. The normalized spacial score (nSPS) is 23.4. The minimum Gasteiger partial charge on any atom is -0.444 e. The Morgan fingerprint density at radius 1 is 1.35 bits per heavy atom. The third-order valence-corrected chi connectivity index (χ3v) is 4.24. The Balaban J connectivity index is 2.74. The highest BCUT2D eigenvalue weighted by atomic mass is 79.9. The number of hydrogen-bond donors (Lipinski definition) is 0. The van der Waals surface area contributed by atoms with E-state index in [2.05, 4.69) is 44.9 Å². The van der Waals surface area contributed by atoms with Gasteiger partial charge in [0, 0.05) is 12.1 Å². The van der Waals surface area contributed by atoms with Crippen molar-refractivity contribution in [1.82, 2.24) is 4.90 Å². The smallest absolute Gasteiger partial charge is 0.410 e. The predicted octanol–water partition coefficient (Wildman–Crippen LogP) is 5.58. The van der Waals surface area contributed by atoms with Crippen molar-refractivity contribution in [1.29, 1.82) is 0 Å². The summed E-state index contributed by atoms with van der Waals surface area (Å²) in [6, 6.07) is 0. The number of ether oxygens (including phenoxy) is 1. The van der Waals surface area contributed by atoms with Crippen molar-refractivity contribution < 1.29 is 9.53 Å². The molecule has 116 valence electrons. The fourth-order valence-corrected chi connectivity index (χ4v) is 3.02. The zero-order valence-corrected chi connectivity index (χ0v) is 16.0. The van der Waals surface area contributed by atoms with Crippen molar-refractivity contribution >= 4 is 38.0 Å². The van der Waals surface area contributed by atoms with E-state index in [1.807, 2.05) is 25.7 Å². The fourth-order valence-electron chi connectivity index (χ4n) is 2.56. The first-order valence-electron chi connectivity index (χ1n) is 7.16. The Morgan fingerprint density at radius 3 is 2.55 bits per heavy atom. The first-order chi connectivity index (χ1) is 9.14. The second-order valence-corrected chi connectivity index (χ2v) is 9.39. The van der Waals surface area contributed by atoms with Gasteiger partial charge in [-0.15, -0.1) is 0 Å². The number of rotatable bonds is 3. The van der Waals surface area contributed by atoms with Crippen LogP contribution in [0.5, 0.6) is 0 Å². The van der Waals surface area contributed by atoms with Gasteiger partial charge >= 0.3 is 6.09 Å². The van der Waals surface area contributed by atoms with Crippen LogP contribution in [-0.4, -0.2) is 28.7 Å². The molecule has 0 aliphatic carbocycles. The SMILES string of the molecule is CC(C)(C)OC(=O)N1CCCCC1(C)CCC=C(Br)Br. The van der Waals surface area contributed by atoms with Crippen molar-refractivity contribution in [2.45, 2.75) is 70.9 Å². The molecule has 3 nitrogen and oxygen atoms in total. The molecule has 5 heteroatoms. The van der Waals surface area contributed by atoms with E-state index < -0.39 is 5.60 Å². The van der Waals surface area contributed by atoms with Crippen LogP contribution in [-0.2, 0) is 4.74 Å². The van der Waals surface area contributed by atoms with Gasteiger partial charge in [-0.25, -0.2) is 4.79 Å². The first-order valence-corrected chi connectivity index (χ1v) is 8.74. The van der Waals surface area contributed by atoms with Gasteiger partial charge in [-0.3, -0.25) is 0 Å². The Hall–Kier alpha value is -0.0300. The van der Waals surface area contributed by atoms with Crippen molar-refractivity contribution in [3.8, 4) is 0 Å². The van der Waals surface area contributed by atoms with Crippen LogP contribution >= 0.6 is 31.9 Å². The minimum absolute atomic E-state index is 0.105. The molecular weight excluding hydrogens is 386 g/mol. The highest BCUT2D eigenvalue weighted by Crippen LogP contribution is 2.34. The lowest BCUT2D eigenvalue weighted by atomic mass is 9.84. The quantitative estimate of drug-likeness (QED) is 0.607. The standard InChI is InChI=1S/C15H25Br2NO2/c1-14(2,3)20-13(19)18-11-6-5-9-15(18,4)10-7-8-12(16)17/h8H,5-7,9-11H2,1-4H3. The van der Waals surface area contributed by atoms with Gasteiger partial charge in [0.1, 0.15) is 5.60 Å². The van der Waals surface area contributed by atoms with E-state index in [0.717, 1.165) is 35.6 Å². The average molecular weight is 411 g/mol. The maximum Gasteiger partial charge on any atom is 0.410 e. The van der Waals surface area contributed by atoms with Gasteiger partial charge in [-0.05, 0) is 91.7 Å². The molecule has 0 N–H and O–H groups in total. The summed E-state index contributed by atoms with van der Waals surface area (Å²) in [5.74, 6) is 0. The highest BCUT2D eigenvalue weighted by Gasteiger charge is 2.38. The van der Waals surface area contributed by atoms with Gasteiger partial charge in [0.15, 0.2) is 0 Å². The molecule has 1 saturated heterocycles. The Bertz CT molecular complexity index is 373. The van der Waals surface area contributed by atoms with E-state index in [0.29, 0.717) is 0 Å². The average Bonchev–Trinajstić information content (AvgIpc) is 2.26. The Kier molecular flexibility index (Phi) is 6.58. The zero-order valence-electron chi connectivity index (χ0n) is 12.8. The van der Waals surface area contributed by atoms with E-state index in [1.165, 1.54) is 6.42 Å². The molecule has 1 atom stereocenters. The molecule has 1 unspecified atom stereocenters. The van der Waals surface area contributed by atoms with Gasteiger partial charge in [0.2, 0.25) is 0 Å². The van der Waals surface area contributed by atoms with Crippen LogP contribution in [0.2, 0.25) is 0 Å². The molecule has 0 aromatic heterocycles. The summed E-state index contributed by atoms with van der Waals surface area (Å²) in [6.07, 6.45) is 7.07. The predicted molar refractivity (Wildman–Crippen MR) is 90.4 cm³/mol. The van der Waals surface area contributed by atoms with E-state index in [4.69, 9.17) is 4.74 Å². The number of likely N-dealkylation sites (tertiary alicyclic amines) is 1. The second kappa shape index (κ2) is 7.30. The van der Waals surface area contributed by atoms with Gasteiger partial charge in [-0.1, -0.05) is 6.08 Å². The molecule has 0 aromatic carbocycles. The number of hydrogen-bond acceptors (Lipinski definition) is 2. The lowest BCUT2D eigenvalue weighted by Gasteiger charge is -2.45. The van der Waals surface area contributed by atoms with Crippen LogP contribution in [0.4, 0.5) is 4.79 Å². The molecule has 0 radical (unpaired) electrons. The van der Waals surface area contributed by atoms with Crippen LogP contribution in [0.1, 0.15) is 59.8 Å². The topological polar surface area (TPSA) is 29.5 Å². The summed E-state index contributed by atoms with van der Waals surface area (Å²) in [5, 5.41) is 0. The molecule has 0 saturated carbocycles. The molecule has 0 aromatic rings. The van der Waals surface area contributed by atoms with Gasteiger partial charge in [0.05, 0.1) is 3.39 Å². The van der Waals surface area contributed by atoms with Crippen LogP contribution in [0.3, 0.4) is 0 Å². The molecule has 0 bridgehead atoms. The van der Waals surface area contributed by atoms with Crippen molar-refractivity contribution in [2.24, 2.45) is 0 Å². The minimum atomic E-state index is -0.436. The molecule has 0 spiro atoms. The van der Waals surface area contributed by atoms with Gasteiger partial charge in [0.25, 0.3) is 0 Å². The van der Waals surface area contributed by atoms with E-state index >= 15 is 0 Å². The summed E-state index contributed by atoms with van der Waals surface area (Å²) >= 11 is 6.75. The summed E-state index contributed by atoms with van der Waals surface area (Å²) < 4.78 is 6.52. The summed E-state index contributed by atoms with van der Waals surface area (Å²) in [4.78, 5) is 14.3. The number of carbonyl (C=O) groups is 1. The largest absolute Gasteiger partial charge is 0.444 e. The van der Waals surface area contributed by atoms with Crippen LogP contribution in [0, 0.1) is 0 Å². The van der Waals surface area contributed by atoms with Gasteiger partial charge < -0.3 is 9.64 Å². The van der Waals surface area contributed by atoms with Crippen LogP contribution < -0.4 is 0 Å².